The van der Waals surface area contributed by atoms with Crippen molar-refractivity contribution in [2.75, 3.05) is 26.0 Å². The number of carbonyl (C=O) groups excluding carboxylic acids is 1. The van der Waals surface area contributed by atoms with E-state index < -0.39 is 17.5 Å². The van der Waals surface area contributed by atoms with Crippen molar-refractivity contribution in [1.29, 1.82) is 0 Å². The highest BCUT2D eigenvalue weighted by molar-refractivity contribution is 9.10. The fourth-order valence-corrected chi connectivity index (χ4v) is 6.11. The van der Waals surface area contributed by atoms with Crippen LogP contribution in [0.2, 0.25) is 5.02 Å². The Morgan fingerprint density at radius 3 is 2.64 bits per heavy atom. The molecule has 1 spiro atoms. The molecule has 1 amide bonds. The van der Waals surface area contributed by atoms with Crippen molar-refractivity contribution in [2.45, 2.75) is 24.1 Å². The summed E-state index contributed by atoms with van der Waals surface area (Å²) in [5, 5.41) is 16.0. The number of nitro groups is 1. The third kappa shape index (κ3) is 3.82. The molecule has 10 heteroatoms. The SMILES string of the molecule is COc1cc([C@@H]2CN(C)[C@@]3(C(=O)Nc4ccccc43)[C@H]2[N+](=O)[O-])cc(Br)c1OCc1ccc(Cl)cc1. The molecule has 0 saturated carbocycles. The number of methoxy groups -OCH3 is 1. The number of hydrogen-bond donors (Lipinski definition) is 1. The van der Waals surface area contributed by atoms with Gasteiger partial charge in [-0.15, -0.1) is 0 Å². The maximum absolute atomic E-state index is 13.3. The van der Waals surface area contributed by atoms with Crippen molar-refractivity contribution in [3.05, 3.63) is 97.0 Å². The Kier molecular flexibility index (Phi) is 6.40. The molecule has 36 heavy (non-hydrogen) atoms. The van der Waals surface area contributed by atoms with Gasteiger partial charge in [0, 0.05) is 27.7 Å². The molecule has 1 saturated heterocycles. The minimum atomic E-state index is -1.41. The van der Waals surface area contributed by atoms with Gasteiger partial charge in [0.1, 0.15) is 6.61 Å². The second-order valence-corrected chi connectivity index (χ2v) is 10.2. The Bertz CT molecular complexity index is 1350. The van der Waals surface area contributed by atoms with Crippen molar-refractivity contribution >= 4 is 39.1 Å². The number of benzene rings is 3. The minimum Gasteiger partial charge on any atom is -0.493 e. The monoisotopic (exact) mass is 571 g/mol. The summed E-state index contributed by atoms with van der Waals surface area (Å²) in [5.41, 5.74) is 1.42. The van der Waals surface area contributed by atoms with E-state index in [9.17, 15) is 14.9 Å². The first-order valence-corrected chi connectivity index (χ1v) is 12.4. The van der Waals surface area contributed by atoms with E-state index in [0.29, 0.717) is 44.4 Å². The van der Waals surface area contributed by atoms with Gasteiger partial charge in [-0.3, -0.25) is 19.8 Å². The first-order chi connectivity index (χ1) is 17.3. The summed E-state index contributed by atoms with van der Waals surface area (Å²) in [6, 6.07) is 16.8. The van der Waals surface area contributed by atoms with E-state index in [1.165, 1.54) is 7.11 Å². The third-order valence-corrected chi connectivity index (χ3v) is 7.86. The standard InChI is InChI=1S/C26H23BrClN3O5/c1-30-13-18(24(31(33)34)26(30)19-5-3-4-6-21(19)29-25(26)32)16-11-20(27)23(22(12-16)35-2)36-14-15-7-9-17(28)10-8-15/h3-12,18,24H,13-14H2,1-2H3,(H,29,32)/t18-,24-,26+/m0/s1. The molecule has 8 nitrogen and oxygen atoms in total. The van der Waals surface area contributed by atoms with Crippen LogP contribution in [0.1, 0.15) is 22.6 Å². The quantitative estimate of drug-likeness (QED) is 0.322. The number of likely N-dealkylation sites (N-methyl/N-ethyl adjacent to an activating group) is 1. The van der Waals surface area contributed by atoms with Gasteiger partial charge in [0.05, 0.1) is 17.5 Å². The molecular weight excluding hydrogens is 550 g/mol. The molecule has 3 atom stereocenters. The Balaban J connectivity index is 1.52. The van der Waals surface area contributed by atoms with Crippen molar-refractivity contribution < 1.29 is 19.2 Å². The molecule has 186 valence electrons. The Morgan fingerprint density at radius 2 is 1.94 bits per heavy atom. The van der Waals surface area contributed by atoms with E-state index in [0.717, 1.165) is 5.56 Å². The first-order valence-electron chi connectivity index (χ1n) is 11.3. The predicted octanol–water partition coefficient (Wildman–Crippen LogP) is 5.21. The van der Waals surface area contributed by atoms with Crippen LogP contribution < -0.4 is 14.8 Å². The molecule has 0 aromatic heterocycles. The van der Waals surface area contributed by atoms with Gasteiger partial charge in [0.25, 0.3) is 11.9 Å². The van der Waals surface area contributed by atoms with Gasteiger partial charge in [0.15, 0.2) is 17.0 Å². The average molecular weight is 573 g/mol. The average Bonchev–Trinajstić information content (AvgIpc) is 3.33. The van der Waals surface area contributed by atoms with Crippen molar-refractivity contribution in [2.24, 2.45) is 0 Å². The largest absolute Gasteiger partial charge is 0.493 e. The predicted molar refractivity (Wildman–Crippen MR) is 139 cm³/mol. The van der Waals surface area contributed by atoms with Gasteiger partial charge in [-0.1, -0.05) is 41.9 Å². The van der Waals surface area contributed by atoms with Crippen molar-refractivity contribution in [1.82, 2.24) is 4.90 Å². The third-order valence-electron chi connectivity index (χ3n) is 7.02. The zero-order valence-electron chi connectivity index (χ0n) is 19.5. The number of halogens is 2. The molecule has 1 N–H and O–H groups in total. The molecule has 1 fully saturated rings. The first kappa shape index (κ1) is 24.5. The molecule has 3 aromatic rings. The second kappa shape index (κ2) is 9.38. The van der Waals surface area contributed by atoms with Crippen LogP contribution in [0, 0.1) is 10.1 Å². The van der Waals surface area contributed by atoms with Gasteiger partial charge in [-0.05, 0) is 64.4 Å². The Morgan fingerprint density at radius 1 is 1.22 bits per heavy atom. The summed E-state index contributed by atoms with van der Waals surface area (Å²) in [4.78, 5) is 27.3. The lowest BCUT2D eigenvalue weighted by molar-refractivity contribution is -0.534. The fraction of sp³-hybridized carbons (Fsp3) is 0.269. The molecule has 2 aliphatic rings. The molecule has 2 heterocycles. The number of nitrogens with zero attached hydrogens (tertiary/aromatic N) is 2. The van der Waals surface area contributed by atoms with E-state index in [1.807, 2.05) is 18.2 Å². The molecular formula is C26H23BrClN3O5. The number of carbonyl (C=O) groups is 1. The molecule has 0 bridgehead atoms. The number of fused-ring (bicyclic) bond motifs is 2. The van der Waals surface area contributed by atoms with Gasteiger partial charge in [-0.2, -0.15) is 0 Å². The number of hydrogen-bond acceptors (Lipinski definition) is 6. The van der Waals surface area contributed by atoms with Crippen LogP contribution in [-0.4, -0.2) is 42.5 Å². The number of anilines is 1. The molecule has 0 radical (unpaired) electrons. The Labute approximate surface area is 221 Å². The molecule has 0 unspecified atom stereocenters. The molecule has 5 rings (SSSR count). The smallest absolute Gasteiger partial charge is 0.256 e. The lowest BCUT2D eigenvalue weighted by Crippen LogP contribution is -2.54. The highest BCUT2D eigenvalue weighted by Crippen LogP contribution is 2.53. The van der Waals surface area contributed by atoms with Crippen molar-refractivity contribution in [3.63, 3.8) is 0 Å². The fourth-order valence-electron chi connectivity index (χ4n) is 5.41. The Hall–Kier alpha value is -3.14. The second-order valence-electron chi connectivity index (χ2n) is 8.93. The number of rotatable bonds is 6. The highest BCUT2D eigenvalue weighted by Gasteiger charge is 2.68. The van der Waals surface area contributed by atoms with Gasteiger partial charge >= 0.3 is 0 Å². The summed E-state index contributed by atoms with van der Waals surface area (Å²) in [7, 11) is 3.28. The van der Waals surface area contributed by atoms with Crippen LogP contribution in [0.5, 0.6) is 11.5 Å². The number of ether oxygens (including phenoxy) is 2. The molecule has 3 aromatic carbocycles. The number of amides is 1. The summed E-state index contributed by atoms with van der Waals surface area (Å²) >= 11 is 9.53. The van der Waals surface area contributed by atoms with E-state index in [2.05, 4.69) is 21.2 Å². The number of nitrogens with one attached hydrogen (secondary N) is 1. The van der Waals surface area contributed by atoms with Crippen LogP contribution >= 0.6 is 27.5 Å². The topological polar surface area (TPSA) is 93.9 Å². The summed E-state index contributed by atoms with van der Waals surface area (Å²) in [5.74, 6) is -0.0315. The van der Waals surface area contributed by atoms with Gasteiger partial charge in [0.2, 0.25) is 0 Å². The lowest BCUT2D eigenvalue weighted by atomic mass is 9.79. The number of likely N-dealkylation sites (tertiary alicyclic amines) is 1. The minimum absolute atomic E-state index is 0.287. The van der Waals surface area contributed by atoms with Crippen LogP contribution in [0.4, 0.5) is 5.69 Å². The zero-order valence-corrected chi connectivity index (χ0v) is 21.9. The maximum atomic E-state index is 13.3. The van der Waals surface area contributed by atoms with Crippen LogP contribution in [0.25, 0.3) is 0 Å². The van der Waals surface area contributed by atoms with Gasteiger partial charge < -0.3 is 14.8 Å². The van der Waals surface area contributed by atoms with Gasteiger partial charge in [-0.25, -0.2) is 0 Å². The van der Waals surface area contributed by atoms with Crippen molar-refractivity contribution in [3.8, 4) is 11.5 Å². The van der Waals surface area contributed by atoms with Crippen LogP contribution in [0.3, 0.4) is 0 Å². The van der Waals surface area contributed by atoms with E-state index in [1.54, 1.807) is 54.4 Å². The maximum Gasteiger partial charge on any atom is 0.256 e. The van der Waals surface area contributed by atoms with E-state index >= 15 is 0 Å². The summed E-state index contributed by atoms with van der Waals surface area (Å²) in [6.07, 6.45) is 0. The number of para-hydroxylation sites is 1. The molecule has 2 aliphatic heterocycles. The highest BCUT2D eigenvalue weighted by atomic mass is 79.9. The lowest BCUT2D eigenvalue weighted by Gasteiger charge is -2.30. The normalized spacial score (nSPS) is 22.9. The summed E-state index contributed by atoms with van der Waals surface area (Å²) < 4.78 is 12.2. The molecule has 0 aliphatic carbocycles. The zero-order chi connectivity index (χ0) is 25.6. The summed E-state index contributed by atoms with van der Waals surface area (Å²) in [6.45, 7) is 0.600. The van der Waals surface area contributed by atoms with Crippen LogP contribution in [-0.2, 0) is 16.9 Å². The van der Waals surface area contributed by atoms with E-state index in [-0.39, 0.29) is 17.4 Å². The van der Waals surface area contributed by atoms with E-state index in [4.69, 9.17) is 21.1 Å². The van der Waals surface area contributed by atoms with Crippen LogP contribution in [0.15, 0.2) is 65.1 Å².